The van der Waals surface area contributed by atoms with E-state index in [0.29, 0.717) is 54.3 Å². The number of fused-ring (bicyclic) bond motifs is 1. The van der Waals surface area contributed by atoms with Crippen LogP contribution in [0.25, 0.3) is 33.5 Å². The van der Waals surface area contributed by atoms with E-state index >= 15 is 0 Å². The molecule has 0 radical (unpaired) electrons. The maximum absolute atomic E-state index is 12.1. The van der Waals surface area contributed by atoms with Crippen LogP contribution in [0.3, 0.4) is 0 Å². The molecule has 0 atom stereocenters. The van der Waals surface area contributed by atoms with Crippen molar-refractivity contribution < 1.29 is 9.53 Å². The van der Waals surface area contributed by atoms with Crippen LogP contribution in [0.1, 0.15) is 10.4 Å². The number of nitrogens with zero attached hydrogens (tertiary/aromatic N) is 6. The molecule has 4 aromatic rings. The van der Waals surface area contributed by atoms with Crippen molar-refractivity contribution in [2.45, 2.75) is 0 Å². The highest BCUT2D eigenvalue weighted by atomic mass is 16.5. The van der Waals surface area contributed by atoms with Crippen LogP contribution in [0.5, 0.6) is 0 Å². The molecule has 33 heavy (non-hydrogen) atoms. The lowest BCUT2D eigenvalue weighted by Gasteiger charge is -2.28. The van der Waals surface area contributed by atoms with Crippen molar-refractivity contribution in [3.63, 3.8) is 0 Å². The zero-order chi connectivity index (χ0) is 22.8. The number of morpholine rings is 1. The van der Waals surface area contributed by atoms with Crippen LogP contribution in [0.2, 0.25) is 0 Å². The van der Waals surface area contributed by atoms with Crippen LogP contribution in [-0.2, 0) is 4.74 Å². The fourth-order valence-corrected chi connectivity index (χ4v) is 3.72. The summed E-state index contributed by atoms with van der Waals surface area (Å²) in [5, 5.41) is 2.65. The maximum Gasteiger partial charge on any atom is 0.251 e. The Labute approximate surface area is 189 Å². The van der Waals surface area contributed by atoms with Crippen molar-refractivity contribution in [1.82, 2.24) is 30.2 Å². The summed E-state index contributed by atoms with van der Waals surface area (Å²) in [7, 11) is 1.61. The molecule has 0 saturated carbocycles. The molecule has 166 valence electrons. The SMILES string of the molecule is CNC(=O)c1cccc(-c2cnc3c(N4CCOCC4)nc(-c4cnc(N)nc4)nc3c2)c1. The standard InChI is InChI=1S/C23H22N8O2/c1-25-22(32)15-4-2-3-14(9-15)16-10-18-19(26-11-16)21(31-5-7-33-8-6-31)30-20(29-18)17-12-27-23(24)28-13-17/h2-4,9-13H,5-8H2,1H3,(H,25,32)(H2,24,27,28). The van der Waals surface area contributed by atoms with E-state index < -0.39 is 0 Å². The zero-order valence-electron chi connectivity index (χ0n) is 18.0. The molecule has 0 spiro atoms. The summed E-state index contributed by atoms with van der Waals surface area (Å²) in [5.41, 5.74) is 9.98. The molecule has 1 aliphatic rings. The fraction of sp³-hybridized carbons (Fsp3) is 0.217. The molecular weight excluding hydrogens is 420 g/mol. The van der Waals surface area contributed by atoms with Crippen molar-refractivity contribution in [2.24, 2.45) is 0 Å². The lowest BCUT2D eigenvalue weighted by molar-refractivity contribution is 0.0963. The number of aromatic nitrogens is 5. The van der Waals surface area contributed by atoms with Gasteiger partial charge < -0.3 is 20.7 Å². The lowest BCUT2D eigenvalue weighted by Crippen LogP contribution is -2.37. The summed E-state index contributed by atoms with van der Waals surface area (Å²) in [6.07, 6.45) is 5.00. The van der Waals surface area contributed by atoms with Gasteiger partial charge in [-0.3, -0.25) is 9.78 Å². The average Bonchev–Trinajstić information content (AvgIpc) is 2.88. The van der Waals surface area contributed by atoms with Gasteiger partial charge in [0.05, 0.1) is 24.3 Å². The Morgan fingerprint density at radius 1 is 1.00 bits per heavy atom. The Morgan fingerprint density at radius 3 is 2.52 bits per heavy atom. The molecule has 3 aromatic heterocycles. The third-order valence-corrected chi connectivity index (χ3v) is 5.44. The van der Waals surface area contributed by atoms with Gasteiger partial charge in [0.1, 0.15) is 5.52 Å². The number of rotatable bonds is 4. The first kappa shape index (κ1) is 20.7. The van der Waals surface area contributed by atoms with E-state index in [4.69, 9.17) is 25.4 Å². The van der Waals surface area contributed by atoms with Crippen LogP contribution in [0, 0.1) is 0 Å². The highest BCUT2D eigenvalue weighted by molar-refractivity contribution is 5.96. The highest BCUT2D eigenvalue weighted by Gasteiger charge is 2.20. The Hall–Kier alpha value is -4.18. The highest BCUT2D eigenvalue weighted by Crippen LogP contribution is 2.30. The van der Waals surface area contributed by atoms with E-state index in [1.54, 1.807) is 31.7 Å². The first-order valence-electron chi connectivity index (χ1n) is 10.5. The predicted octanol–water partition coefficient (Wildman–Crippen LogP) is 1.93. The first-order chi connectivity index (χ1) is 16.1. The van der Waals surface area contributed by atoms with Crippen molar-refractivity contribution >= 4 is 28.7 Å². The smallest absolute Gasteiger partial charge is 0.251 e. The minimum Gasteiger partial charge on any atom is -0.378 e. The lowest BCUT2D eigenvalue weighted by atomic mass is 10.0. The number of ether oxygens (including phenoxy) is 1. The van der Waals surface area contributed by atoms with Crippen LogP contribution in [0.4, 0.5) is 11.8 Å². The Balaban J connectivity index is 1.65. The minimum atomic E-state index is -0.145. The van der Waals surface area contributed by atoms with Crippen molar-refractivity contribution in [3.8, 4) is 22.5 Å². The minimum absolute atomic E-state index is 0.145. The van der Waals surface area contributed by atoms with Crippen molar-refractivity contribution in [2.75, 3.05) is 44.0 Å². The number of nitrogen functional groups attached to an aromatic ring is 1. The topological polar surface area (TPSA) is 132 Å². The fourth-order valence-electron chi connectivity index (χ4n) is 3.72. The van der Waals surface area contributed by atoms with Gasteiger partial charge in [-0.05, 0) is 23.8 Å². The third-order valence-electron chi connectivity index (χ3n) is 5.44. The summed E-state index contributed by atoms with van der Waals surface area (Å²) in [4.78, 5) is 36.6. The molecule has 1 aromatic carbocycles. The second-order valence-electron chi connectivity index (χ2n) is 7.55. The van der Waals surface area contributed by atoms with Gasteiger partial charge in [0.2, 0.25) is 5.95 Å². The Kier molecular flexibility index (Phi) is 5.49. The molecule has 1 amide bonds. The normalized spacial score (nSPS) is 13.8. The number of amides is 1. The number of hydrogen-bond acceptors (Lipinski definition) is 9. The van der Waals surface area contributed by atoms with Crippen molar-refractivity contribution in [1.29, 1.82) is 0 Å². The van der Waals surface area contributed by atoms with Gasteiger partial charge in [-0.2, -0.15) is 0 Å². The molecule has 5 rings (SSSR count). The quantitative estimate of drug-likeness (QED) is 0.486. The third kappa shape index (κ3) is 4.15. The molecule has 0 unspecified atom stereocenters. The van der Waals surface area contributed by atoms with E-state index in [1.807, 2.05) is 24.3 Å². The number of benzene rings is 1. The molecule has 10 heteroatoms. The van der Waals surface area contributed by atoms with Crippen LogP contribution < -0.4 is 16.0 Å². The van der Waals surface area contributed by atoms with Gasteiger partial charge in [-0.1, -0.05) is 12.1 Å². The molecule has 3 N–H and O–H groups in total. The van der Waals surface area contributed by atoms with Gasteiger partial charge in [0.25, 0.3) is 5.91 Å². The van der Waals surface area contributed by atoms with Gasteiger partial charge in [-0.15, -0.1) is 0 Å². The van der Waals surface area contributed by atoms with Crippen LogP contribution >= 0.6 is 0 Å². The van der Waals surface area contributed by atoms with Crippen LogP contribution in [0.15, 0.2) is 48.9 Å². The number of nitrogens with two attached hydrogens (primary N) is 1. The largest absolute Gasteiger partial charge is 0.378 e. The maximum atomic E-state index is 12.1. The zero-order valence-corrected chi connectivity index (χ0v) is 18.0. The van der Waals surface area contributed by atoms with Gasteiger partial charge in [0.15, 0.2) is 11.6 Å². The molecule has 0 bridgehead atoms. The number of carbonyl (C=O) groups excluding carboxylic acids is 1. The van der Waals surface area contributed by atoms with Gasteiger partial charge in [0, 0.05) is 49.9 Å². The molecule has 10 nitrogen and oxygen atoms in total. The second-order valence-corrected chi connectivity index (χ2v) is 7.55. The molecule has 4 heterocycles. The summed E-state index contributed by atoms with van der Waals surface area (Å²) >= 11 is 0. The van der Waals surface area contributed by atoms with E-state index in [-0.39, 0.29) is 11.9 Å². The number of nitrogens with one attached hydrogen (secondary N) is 1. The van der Waals surface area contributed by atoms with Gasteiger partial charge in [-0.25, -0.2) is 19.9 Å². The second kappa shape index (κ2) is 8.75. The first-order valence-corrected chi connectivity index (χ1v) is 10.5. The van der Waals surface area contributed by atoms with Gasteiger partial charge >= 0.3 is 0 Å². The number of carbonyl (C=O) groups is 1. The summed E-state index contributed by atoms with van der Waals surface area (Å²) < 4.78 is 5.51. The molecule has 1 saturated heterocycles. The number of anilines is 2. The van der Waals surface area contributed by atoms with E-state index in [2.05, 4.69) is 20.2 Å². The number of hydrogen-bond donors (Lipinski definition) is 2. The van der Waals surface area contributed by atoms with Crippen LogP contribution in [-0.4, -0.2) is 64.2 Å². The average molecular weight is 442 g/mol. The van der Waals surface area contributed by atoms with Crippen molar-refractivity contribution in [3.05, 3.63) is 54.5 Å². The Bertz CT molecular complexity index is 1320. The molecule has 0 aliphatic carbocycles. The molecule has 1 aliphatic heterocycles. The van der Waals surface area contributed by atoms with E-state index in [9.17, 15) is 4.79 Å². The molecule has 1 fully saturated rings. The Morgan fingerprint density at radius 2 is 1.76 bits per heavy atom. The summed E-state index contributed by atoms with van der Waals surface area (Å²) in [6.45, 7) is 2.66. The number of pyridine rings is 1. The summed E-state index contributed by atoms with van der Waals surface area (Å²) in [5.74, 6) is 1.27. The molecular formula is C23H22N8O2. The summed E-state index contributed by atoms with van der Waals surface area (Å²) in [6, 6.07) is 9.35. The predicted molar refractivity (Wildman–Crippen MR) is 125 cm³/mol. The van der Waals surface area contributed by atoms with E-state index in [0.717, 1.165) is 16.9 Å². The monoisotopic (exact) mass is 442 g/mol. The van der Waals surface area contributed by atoms with E-state index in [1.165, 1.54) is 0 Å².